The summed E-state index contributed by atoms with van der Waals surface area (Å²) in [5.74, 6) is -0.260. The van der Waals surface area contributed by atoms with Gasteiger partial charge in [-0.15, -0.1) is 17.9 Å². The van der Waals surface area contributed by atoms with Crippen LogP contribution in [0.3, 0.4) is 0 Å². The van der Waals surface area contributed by atoms with Gasteiger partial charge in [-0.2, -0.15) is 10.1 Å². The molecule has 2 aliphatic heterocycles. The highest BCUT2D eigenvalue weighted by atomic mass is 32.1. The number of allylic oxidation sites excluding steroid dienone is 1. The molecule has 0 aliphatic carbocycles. The lowest BCUT2D eigenvalue weighted by Gasteiger charge is -2.36. The molecule has 0 unspecified atom stereocenters. The lowest BCUT2D eigenvalue weighted by atomic mass is 9.85. The van der Waals surface area contributed by atoms with Gasteiger partial charge in [0.05, 0.1) is 39.9 Å². The van der Waals surface area contributed by atoms with E-state index in [-0.39, 0.29) is 48.5 Å². The van der Waals surface area contributed by atoms with Crippen molar-refractivity contribution in [3.8, 4) is 16.3 Å². The van der Waals surface area contributed by atoms with Gasteiger partial charge in [0, 0.05) is 74.4 Å². The second kappa shape index (κ2) is 24.8. The Morgan fingerprint density at radius 3 is 2.42 bits per heavy atom. The van der Waals surface area contributed by atoms with E-state index in [1.54, 1.807) is 59.4 Å². The number of aryl methyl sites for hydroxylation is 1. The number of thiazole rings is 1. The molecule has 22 heteroatoms. The van der Waals surface area contributed by atoms with Gasteiger partial charge in [0.1, 0.15) is 29.7 Å². The van der Waals surface area contributed by atoms with Crippen LogP contribution in [0.5, 0.6) is 0 Å². The van der Waals surface area contributed by atoms with E-state index in [9.17, 15) is 29.1 Å². The minimum absolute atomic E-state index is 0.0815. The van der Waals surface area contributed by atoms with Crippen LogP contribution in [-0.4, -0.2) is 137 Å². The number of likely N-dealkylation sites (tertiary alicyclic amines) is 1. The van der Waals surface area contributed by atoms with E-state index in [0.29, 0.717) is 70.8 Å². The van der Waals surface area contributed by atoms with Gasteiger partial charge in [0.15, 0.2) is 11.5 Å². The van der Waals surface area contributed by atoms with E-state index in [1.807, 2.05) is 52.0 Å². The van der Waals surface area contributed by atoms with Crippen LogP contribution in [-0.2, 0) is 37.8 Å². The number of amides is 3. The van der Waals surface area contributed by atoms with E-state index in [2.05, 4.69) is 69.6 Å². The number of benzene rings is 2. The smallest absolute Gasteiger partial charge is 0.278 e. The first-order valence-electron chi connectivity index (χ1n) is 27.4. The number of carbonyl (C=O) groups is 3. The number of nitrogens with zero attached hydrogens (tertiary/aromatic N) is 10. The zero-order valence-electron chi connectivity index (χ0n) is 46.5. The van der Waals surface area contributed by atoms with Gasteiger partial charge >= 0.3 is 0 Å². The quantitative estimate of drug-likeness (QED) is 0.0367. The van der Waals surface area contributed by atoms with Gasteiger partial charge in [-0.25, -0.2) is 29.4 Å². The van der Waals surface area contributed by atoms with Crippen LogP contribution in [0.25, 0.3) is 38.1 Å². The Morgan fingerprint density at radius 1 is 0.925 bits per heavy atom. The van der Waals surface area contributed by atoms with Crippen molar-refractivity contribution in [2.24, 2.45) is 5.41 Å². The van der Waals surface area contributed by atoms with Gasteiger partial charge in [-0.3, -0.25) is 28.9 Å². The number of aromatic nitrogens is 8. The Hall–Kier alpha value is -7.66. The fourth-order valence-corrected chi connectivity index (χ4v) is 11.3. The van der Waals surface area contributed by atoms with Crippen molar-refractivity contribution in [1.82, 2.24) is 59.9 Å². The Morgan fingerprint density at radius 2 is 1.70 bits per heavy atom. The summed E-state index contributed by atoms with van der Waals surface area (Å²) in [5.41, 5.74) is 4.38. The molecule has 2 aliphatic rings. The average molecular weight is 1110 g/mol. The highest BCUT2D eigenvalue weighted by molar-refractivity contribution is 7.13. The Labute approximate surface area is 468 Å². The molecule has 9 rings (SSSR count). The van der Waals surface area contributed by atoms with Crippen molar-refractivity contribution in [2.45, 2.75) is 111 Å². The fourth-order valence-electron chi connectivity index (χ4n) is 10.5. The number of piperazine rings is 1. The Bertz CT molecular complexity index is 3480. The molecule has 0 bridgehead atoms. The van der Waals surface area contributed by atoms with Crippen LogP contribution in [0, 0.1) is 12.3 Å². The van der Waals surface area contributed by atoms with Crippen LogP contribution in [0.2, 0.25) is 0 Å². The largest absolute Gasteiger partial charge is 0.384 e. The number of anilines is 3. The van der Waals surface area contributed by atoms with Crippen molar-refractivity contribution in [3.05, 3.63) is 123 Å². The molecule has 5 aromatic heterocycles. The SMILES string of the molecule is C=CCn1c(=O)c2cnc(Nc3ccc(N4CCN(CCCCCCOCC(=O)N[C@H](C(=O)N5CCC[C@H]5C(=O)NCc5ccc(-c6scnc6C)c6cn[nH]c(=O)c56)C(C)(C)C)CC4)cc3)nc2n1-c1cccc(C(C)(C)O)n1. The number of pyridine rings is 1. The molecule has 7 aromatic rings. The summed E-state index contributed by atoms with van der Waals surface area (Å²) in [6.45, 7) is 20.4. The molecular formula is C58H72N14O7S. The summed E-state index contributed by atoms with van der Waals surface area (Å²) in [6.07, 6.45) is 9.78. The summed E-state index contributed by atoms with van der Waals surface area (Å²) in [4.78, 5) is 93.3. The normalized spacial score (nSPS) is 15.6. The number of aliphatic hydroxyl groups is 1. The van der Waals surface area contributed by atoms with Gasteiger partial charge in [-0.05, 0) is 100 Å². The Balaban J connectivity index is 0.679. The summed E-state index contributed by atoms with van der Waals surface area (Å²) in [6, 6.07) is 15.6. The number of H-pyrrole nitrogens is 1. The first kappa shape index (κ1) is 57.0. The number of nitrogens with one attached hydrogen (secondary N) is 4. The topological polar surface area (TPSA) is 251 Å². The molecule has 5 N–H and O–H groups in total. The third-order valence-corrected chi connectivity index (χ3v) is 15.7. The monoisotopic (exact) mass is 1110 g/mol. The molecule has 2 saturated heterocycles. The van der Waals surface area contributed by atoms with Crippen molar-refractivity contribution >= 4 is 68.2 Å². The van der Waals surface area contributed by atoms with Gasteiger partial charge in [0.2, 0.25) is 23.7 Å². The molecule has 0 spiro atoms. The minimum atomic E-state index is -1.18. The maximum Gasteiger partial charge on any atom is 0.278 e. The average Bonchev–Trinajstić information content (AvgIpc) is 4.19. The molecule has 21 nitrogen and oxygen atoms in total. The number of fused-ring (bicyclic) bond motifs is 2. The first-order valence-corrected chi connectivity index (χ1v) is 28.3. The van der Waals surface area contributed by atoms with E-state index in [4.69, 9.17) is 9.72 Å². The maximum atomic E-state index is 14.2. The number of unbranched alkanes of at least 4 members (excludes halogenated alkanes) is 3. The summed E-state index contributed by atoms with van der Waals surface area (Å²) in [7, 11) is 0. The molecule has 2 atom stereocenters. The maximum absolute atomic E-state index is 14.2. The molecule has 3 amide bonds. The summed E-state index contributed by atoms with van der Waals surface area (Å²) < 4.78 is 8.92. The highest BCUT2D eigenvalue weighted by Gasteiger charge is 2.42. The number of ether oxygens (including phenoxy) is 1. The molecule has 80 heavy (non-hydrogen) atoms. The zero-order valence-corrected chi connectivity index (χ0v) is 47.3. The van der Waals surface area contributed by atoms with Crippen LogP contribution in [0.4, 0.5) is 17.3 Å². The van der Waals surface area contributed by atoms with Crippen molar-refractivity contribution in [3.63, 3.8) is 0 Å². The zero-order chi connectivity index (χ0) is 56.7. The molecule has 2 aromatic carbocycles. The van der Waals surface area contributed by atoms with Gasteiger partial charge < -0.3 is 35.6 Å². The number of carbonyl (C=O) groups excluding carboxylic acids is 3. The predicted octanol–water partition coefficient (Wildman–Crippen LogP) is 6.34. The number of rotatable bonds is 22. The summed E-state index contributed by atoms with van der Waals surface area (Å²) >= 11 is 1.48. The van der Waals surface area contributed by atoms with E-state index >= 15 is 0 Å². The second-order valence-electron chi connectivity index (χ2n) is 22.1. The minimum Gasteiger partial charge on any atom is -0.384 e. The molecule has 7 heterocycles. The summed E-state index contributed by atoms with van der Waals surface area (Å²) in [5, 5.41) is 27.8. The van der Waals surface area contributed by atoms with Crippen molar-refractivity contribution in [2.75, 3.05) is 62.7 Å². The molecule has 0 radical (unpaired) electrons. The highest BCUT2D eigenvalue weighted by Crippen LogP contribution is 2.34. The van der Waals surface area contributed by atoms with Crippen LogP contribution in [0.15, 0.2) is 94.7 Å². The standard InChI is InChI=1S/C58H72N14O7S/c1-8-24-71-54(76)43-33-60-56(66-51(43)72(71)46-17-13-16-45(64-46)58(6,7)78)63-39-19-21-40(22-20-39)69-29-27-68(28-30-69)25-11-9-10-12-31-79-35-47(73)65-50(57(3,4)5)55(77)70-26-14-15-44(70)52(74)59-32-38-18-23-41(49-37(2)61-36-80-49)42-34-62-67-53(75)48(38)42/h8,13,16-23,33-34,36,44,50,78H,1,9-12,14-15,24-32,35H2,2-7H3,(H,59,74)(H,65,73)(H,67,75)(H,60,63,66)/t44-,50+/m0/s1. The van der Waals surface area contributed by atoms with Gasteiger partial charge in [0.25, 0.3) is 11.1 Å². The van der Waals surface area contributed by atoms with Gasteiger partial charge in [-0.1, -0.05) is 57.9 Å². The van der Waals surface area contributed by atoms with Crippen LogP contribution in [0.1, 0.15) is 90.1 Å². The first-order chi connectivity index (χ1) is 38.4. The van der Waals surface area contributed by atoms with E-state index in [1.165, 1.54) is 22.2 Å². The van der Waals surface area contributed by atoms with Crippen LogP contribution < -0.4 is 32.0 Å². The second-order valence-corrected chi connectivity index (χ2v) is 23.0. The number of aromatic amines is 1. The van der Waals surface area contributed by atoms with E-state index < -0.39 is 23.1 Å². The third-order valence-electron chi connectivity index (χ3n) is 14.8. The van der Waals surface area contributed by atoms with Crippen LogP contribution >= 0.6 is 11.3 Å². The van der Waals surface area contributed by atoms with Crippen molar-refractivity contribution < 1.29 is 24.2 Å². The Kier molecular flexibility index (Phi) is 17.7. The molecule has 2 fully saturated rings. The number of hydrogen-bond donors (Lipinski definition) is 5. The fraction of sp³-hybridized carbons (Fsp3) is 0.448. The molecule has 422 valence electrons. The lowest BCUT2D eigenvalue weighted by molar-refractivity contribution is -0.144. The predicted molar refractivity (Wildman–Crippen MR) is 310 cm³/mol. The lowest BCUT2D eigenvalue weighted by Crippen LogP contribution is -2.58. The molecular weight excluding hydrogens is 1040 g/mol. The van der Waals surface area contributed by atoms with Crippen molar-refractivity contribution in [1.29, 1.82) is 0 Å². The van der Waals surface area contributed by atoms with E-state index in [0.717, 1.165) is 85.9 Å². The third kappa shape index (κ3) is 13.0. The number of hydrogen-bond acceptors (Lipinski definition) is 16. The molecule has 0 saturated carbocycles.